The summed E-state index contributed by atoms with van der Waals surface area (Å²) in [4.78, 5) is 24.7. The van der Waals surface area contributed by atoms with Gasteiger partial charge in [0.2, 0.25) is 0 Å². The molecule has 0 amide bonds. The van der Waals surface area contributed by atoms with Gasteiger partial charge in [0.1, 0.15) is 0 Å². The average molecular weight is 515 g/mol. The van der Waals surface area contributed by atoms with E-state index in [1.807, 2.05) is 30.3 Å². The van der Waals surface area contributed by atoms with E-state index in [1.165, 1.54) is 45.6 Å². The number of ether oxygens (including phenoxy) is 3. The van der Waals surface area contributed by atoms with Crippen molar-refractivity contribution in [1.29, 1.82) is 0 Å². The van der Waals surface area contributed by atoms with Crippen molar-refractivity contribution in [3.8, 4) is 11.5 Å². The lowest BCUT2D eigenvalue weighted by molar-refractivity contribution is 0.0601. The van der Waals surface area contributed by atoms with Crippen LogP contribution in [0.3, 0.4) is 0 Å². The molecule has 0 atom stereocenters. The van der Waals surface area contributed by atoms with Gasteiger partial charge in [0.05, 0.1) is 54.2 Å². The zero-order valence-corrected chi connectivity index (χ0v) is 20.7. The number of aromatic nitrogens is 1. The Hall–Kier alpha value is -3.83. The standard InChI is InChI=1S/C24H22N2O7S2/c1-31-20-12-17(23(27)33-3)18(13-21(20)32-2)25-35(29,30)16-9-10-19-22(11-16)34-24(28)26(19)14-15-7-5-4-6-8-15/h4-13,25H,14H2,1-3H3. The molecule has 11 heteroatoms. The summed E-state index contributed by atoms with van der Waals surface area (Å²) in [6.07, 6.45) is 0. The SMILES string of the molecule is COC(=O)c1cc(OC)c(OC)cc1NS(=O)(=O)c1ccc2c(c1)sc(=O)n2Cc1ccccc1. The summed E-state index contributed by atoms with van der Waals surface area (Å²) in [6.45, 7) is 0.373. The van der Waals surface area contributed by atoms with Crippen LogP contribution < -0.4 is 19.1 Å². The smallest absolute Gasteiger partial charge is 0.340 e. The van der Waals surface area contributed by atoms with Crippen LogP contribution in [0.4, 0.5) is 5.69 Å². The predicted molar refractivity (Wildman–Crippen MR) is 133 cm³/mol. The van der Waals surface area contributed by atoms with Crippen LogP contribution in [0.25, 0.3) is 10.2 Å². The van der Waals surface area contributed by atoms with Gasteiger partial charge in [0.15, 0.2) is 11.5 Å². The van der Waals surface area contributed by atoms with Crippen molar-refractivity contribution < 1.29 is 27.4 Å². The second-order valence-electron chi connectivity index (χ2n) is 7.42. The molecular weight excluding hydrogens is 492 g/mol. The number of hydrogen-bond donors (Lipinski definition) is 1. The maximum absolute atomic E-state index is 13.2. The summed E-state index contributed by atoms with van der Waals surface area (Å²) >= 11 is 0.962. The second-order valence-corrected chi connectivity index (χ2v) is 10.1. The predicted octanol–water partition coefficient (Wildman–Crippen LogP) is 3.72. The molecule has 182 valence electrons. The molecule has 0 saturated heterocycles. The molecule has 0 fully saturated rings. The Labute approximate surface area is 205 Å². The number of thiazole rings is 1. The molecule has 0 radical (unpaired) electrons. The van der Waals surface area contributed by atoms with Crippen molar-refractivity contribution in [3.63, 3.8) is 0 Å². The van der Waals surface area contributed by atoms with Crippen LogP contribution in [0.5, 0.6) is 11.5 Å². The monoisotopic (exact) mass is 514 g/mol. The number of nitrogens with one attached hydrogen (secondary N) is 1. The van der Waals surface area contributed by atoms with Crippen molar-refractivity contribution >= 4 is 43.2 Å². The molecule has 0 unspecified atom stereocenters. The Morgan fingerprint density at radius 1 is 0.971 bits per heavy atom. The first kappa shape index (κ1) is 24.3. The summed E-state index contributed by atoms with van der Waals surface area (Å²) in [7, 11) is -0.158. The van der Waals surface area contributed by atoms with Gasteiger partial charge >= 0.3 is 10.8 Å². The minimum atomic E-state index is -4.13. The topological polar surface area (TPSA) is 113 Å². The van der Waals surface area contributed by atoms with Crippen molar-refractivity contribution in [2.24, 2.45) is 0 Å². The molecule has 4 aromatic rings. The third-order valence-electron chi connectivity index (χ3n) is 5.31. The number of carbonyl (C=O) groups excluding carboxylic acids is 1. The largest absolute Gasteiger partial charge is 0.493 e. The van der Waals surface area contributed by atoms with E-state index in [1.54, 1.807) is 10.6 Å². The molecule has 0 aliphatic rings. The van der Waals surface area contributed by atoms with Gasteiger partial charge < -0.3 is 14.2 Å². The zero-order chi connectivity index (χ0) is 25.2. The van der Waals surface area contributed by atoms with Crippen molar-refractivity contribution in [1.82, 2.24) is 4.57 Å². The Morgan fingerprint density at radius 3 is 2.31 bits per heavy atom. The number of benzene rings is 3. The summed E-state index contributed by atoms with van der Waals surface area (Å²) in [5.41, 5.74) is 1.50. The third kappa shape index (κ3) is 4.86. The molecule has 0 aliphatic heterocycles. The minimum Gasteiger partial charge on any atom is -0.493 e. The first-order chi connectivity index (χ1) is 16.8. The molecule has 0 spiro atoms. The maximum Gasteiger partial charge on any atom is 0.340 e. The number of sulfonamides is 1. The number of anilines is 1. The van der Waals surface area contributed by atoms with Gasteiger partial charge in [-0.05, 0) is 23.8 Å². The van der Waals surface area contributed by atoms with E-state index in [-0.39, 0.29) is 32.5 Å². The molecule has 35 heavy (non-hydrogen) atoms. The van der Waals surface area contributed by atoms with Crippen LogP contribution in [-0.4, -0.2) is 40.3 Å². The highest BCUT2D eigenvalue weighted by Gasteiger charge is 2.23. The van der Waals surface area contributed by atoms with Crippen LogP contribution in [0.2, 0.25) is 0 Å². The summed E-state index contributed by atoms with van der Waals surface area (Å²) in [5, 5.41) is 0. The minimum absolute atomic E-state index is 0.0376. The van der Waals surface area contributed by atoms with E-state index in [4.69, 9.17) is 14.2 Å². The highest BCUT2D eigenvalue weighted by molar-refractivity contribution is 7.92. The van der Waals surface area contributed by atoms with E-state index in [0.717, 1.165) is 16.9 Å². The maximum atomic E-state index is 13.2. The molecular formula is C24H22N2O7S2. The Bertz CT molecular complexity index is 1560. The molecule has 0 bridgehead atoms. The van der Waals surface area contributed by atoms with E-state index in [9.17, 15) is 18.0 Å². The Kier molecular flexibility index (Phi) is 6.81. The van der Waals surface area contributed by atoms with Gasteiger partial charge in [-0.25, -0.2) is 13.2 Å². The number of hydrogen-bond acceptors (Lipinski definition) is 8. The van der Waals surface area contributed by atoms with E-state index < -0.39 is 16.0 Å². The van der Waals surface area contributed by atoms with Crippen LogP contribution >= 0.6 is 11.3 Å². The van der Waals surface area contributed by atoms with Gasteiger partial charge in [-0.3, -0.25) is 14.1 Å². The number of esters is 1. The summed E-state index contributed by atoms with van der Waals surface area (Å²) in [6, 6.07) is 16.6. The fraction of sp³-hybridized carbons (Fsp3) is 0.167. The lowest BCUT2D eigenvalue weighted by Gasteiger charge is -2.15. The van der Waals surface area contributed by atoms with Crippen LogP contribution in [-0.2, 0) is 21.3 Å². The van der Waals surface area contributed by atoms with E-state index >= 15 is 0 Å². The molecule has 3 aromatic carbocycles. The van der Waals surface area contributed by atoms with Crippen molar-refractivity contribution in [2.75, 3.05) is 26.1 Å². The highest BCUT2D eigenvalue weighted by atomic mass is 32.2. The summed E-state index contributed by atoms with van der Waals surface area (Å²) < 4.78 is 46.2. The number of fused-ring (bicyclic) bond motifs is 1. The normalized spacial score (nSPS) is 11.3. The van der Waals surface area contributed by atoms with Crippen LogP contribution in [0, 0.1) is 0 Å². The average Bonchev–Trinajstić information content (AvgIpc) is 3.17. The van der Waals surface area contributed by atoms with Gasteiger partial charge in [0, 0.05) is 12.1 Å². The zero-order valence-electron chi connectivity index (χ0n) is 19.1. The Balaban J connectivity index is 1.73. The lowest BCUT2D eigenvalue weighted by atomic mass is 10.1. The number of methoxy groups -OCH3 is 3. The first-order valence-corrected chi connectivity index (χ1v) is 12.6. The molecule has 1 N–H and O–H groups in total. The first-order valence-electron chi connectivity index (χ1n) is 10.3. The lowest BCUT2D eigenvalue weighted by Crippen LogP contribution is -2.16. The quantitative estimate of drug-likeness (QED) is 0.357. The molecule has 9 nitrogen and oxygen atoms in total. The molecule has 0 saturated carbocycles. The third-order valence-corrected chi connectivity index (χ3v) is 7.61. The number of carbonyl (C=O) groups is 1. The van der Waals surface area contributed by atoms with E-state index in [2.05, 4.69) is 4.72 Å². The number of rotatable bonds is 8. The molecule has 1 heterocycles. The highest BCUT2D eigenvalue weighted by Crippen LogP contribution is 2.35. The van der Waals surface area contributed by atoms with Gasteiger partial charge in [-0.15, -0.1) is 0 Å². The Morgan fingerprint density at radius 2 is 1.66 bits per heavy atom. The van der Waals surface area contributed by atoms with Crippen molar-refractivity contribution in [3.05, 3.63) is 81.5 Å². The van der Waals surface area contributed by atoms with Gasteiger partial charge in [-0.1, -0.05) is 41.7 Å². The summed E-state index contributed by atoms with van der Waals surface area (Å²) in [5.74, 6) is -0.290. The van der Waals surface area contributed by atoms with Crippen LogP contribution in [0.1, 0.15) is 15.9 Å². The van der Waals surface area contributed by atoms with Gasteiger partial charge in [0.25, 0.3) is 10.0 Å². The fourth-order valence-corrected chi connectivity index (χ4v) is 5.68. The van der Waals surface area contributed by atoms with E-state index in [0.29, 0.717) is 16.8 Å². The fourth-order valence-electron chi connectivity index (χ4n) is 3.58. The molecule has 0 aliphatic carbocycles. The van der Waals surface area contributed by atoms with Crippen LogP contribution in [0.15, 0.2) is 70.4 Å². The second kappa shape index (κ2) is 9.80. The van der Waals surface area contributed by atoms with Gasteiger partial charge in [-0.2, -0.15) is 0 Å². The molecule has 1 aromatic heterocycles. The number of nitrogens with zero attached hydrogens (tertiary/aromatic N) is 1. The molecule has 4 rings (SSSR count). The van der Waals surface area contributed by atoms with Crippen molar-refractivity contribution in [2.45, 2.75) is 11.4 Å².